The van der Waals surface area contributed by atoms with Crippen LogP contribution in [-0.2, 0) is 11.3 Å². The molecule has 0 unspecified atom stereocenters. The fourth-order valence-corrected chi connectivity index (χ4v) is 2.91. The summed E-state index contributed by atoms with van der Waals surface area (Å²) >= 11 is 0. The number of ether oxygens (including phenoxy) is 1. The van der Waals surface area contributed by atoms with Gasteiger partial charge in [0, 0.05) is 17.3 Å². The number of rotatable bonds is 6. The maximum atomic E-state index is 13.1. The minimum atomic E-state index is -0.379. The summed E-state index contributed by atoms with van der Waals surface area (Å²) in [4.78, 5) is 28.9. The fourth-order valence-electron chi connectivity index (χ4n) is 2.91. The van der Waals surface area contributed by atoms with Crippen LogP contribution in [0.1, 0.15) is 0 Å². The van der Waals surface area contributed by atoms with Crippen molar-refractivity contribution in [1.82, 2.24) is 9.55 Å². The standard InChI is InChI=1S/C24H18FN3O3/c25-18-8-6-17(7-9-18)22-14-24(30)28(16-26-22)15-23(29)27-19-10-12-21(13-11-19)31-20-4-2-1-3-5-20/h1-14,16H,15H2,(H,27,29). The van der Waals surface area contributed by atoms with Gasteiger partial charge in [0.2, 0.25) is 5.91 Å². The van der Waals surface area contributed by atoms with Crippen molar-refractivity contribution in [2.75, 3.05) is 5.32 Å². The van der Waals surface area contributed by atoms with Crippen LogP contribution in [0.3, 0.4) is 0 Å². The van der Waals surface area contributed by atoms with Crippen LogP contribution in [-0.4, -0.2) is 15.5 Å². The zero-order chi connectivity index (χ0) is 21.6. The number of nitrogens with zero attached hydrogens (tertiary/aromatic N) is 2. The first-order valence-electron chi connectivity index (χ1n) is 9.52. The van der Waals surface area contributed by atoms with Gasteiger partial charge in [-0.3, -0.25) is 14.2 Å². The molecule has 1 amide bonds. The SMILES string of the molecule is O=C(Cn1cnc(-c2ccc(F)cc2)cc1=O)Nc1ccc(Oc2ccccc2)cc1. The average Bonchev–Trinajstić information content (AvgIpc) is 2.78. The molecule has 0 fully saturated rings. The van der Waals surface area contributed by atoms with E-state index in [-0.39, 0.29) is 23.8 Å². The molecule has 1 N–H and O–H groups in total. The first-order valence-corrected chi connectivity index (χ1v) is 9.52. The molecule has 0 aliphatic carbocycles. The number of carbonyl (C=O) groups is 1. The summed E-state index contributed by atoms with van der Waals surface area (Å²) in [5.41, 5.74) is 1.23. The Labute approximate surface area is 177 Å². The summed E-state index contributed by atoms with van der Waals surface area (Å²) < 4.78 is 20.0. The van der Waals surface area contributed by atoms with Crippen molar-refractivity contribution in [2.24, 2.45) is 0 Å². The highest BCUT2D eigenvalue weighted by Gasteiger charge is 2.08. The van der Waals surface area contributed by atoms with Crippen molar-refractivity contribution in [1.29, 1.82) is 0 Å². The van der Waals surface area contributed by atoms with Crippen LogP contribution in [0.4, 0.5) is 10.1 Å². The molecule has 0 saturated heterocycles. The molecule has 0 spiro atoms. The molecule has 0 aliphatic rings. The highest BCUT2D eigenvalue weighted by Crippen LogP contribution is 2.22. The molecule has 31 heavy (non-hydrogen) atoms. The van der Waals surface area contributed by atoms with Crippen LogP contribution in [0.5, 0.6) is 11.5 Å². The van der Waals surface area contributed by atoms with Crippen LogP contribution in [0.2, 0.25) is 0 Å². The number of halogens is 1. The van der Waals surface area contributed by atoms with Gasteiger partial charge in [0.25, 0.3) is 5.56 Å². The molecule has 0 radical (unpaired) electrons. The monoisotopic (exact) mass is 415 g/mol. The Hall–Kier alpha value is -4.26. The lowest BCUT2D eigenvalue weighted by atomic mass is 10.1. The number of anilines is 1. The predicted octanol–water partition coefficient (Wildman–Crippen LogP) is 4.48. The predicted molar refractivity (Wildman–Crippen MR) is 115 cm³/mol. The van der Waals surface area contributed by atoms with Crippen molar-refractivity contribution in [3.8, 4) is 22.8 Å². The van der Waals surface area contributed by atoms with Crippen LogP contribution in [0.15, 0.2) is 96.1 Å². The van der Waals surface area contributed by atoms with Gasteiger partial charge in [0.1, 0.15) is 23.9 Å². The summed E-state index contributed by atoms with van der Waals surface area (Å²) in [6.45, 7) is -0.183. The maximum absolute atomic E-state index is 13.1. The zero-order valence-corrected chi connectivity index (χ0v) is 16.4. The van der Waals surface area contributed by atoms with E-state index >= 15 is 0 Å². The van der Waals surface area contributed by atoms with E-state index in [9.17, 15) is 14.0 Å². The van der Waals surface area contributed by atoms with Gasteiger partial charge in [0.05, 0.1) is 12.0 Å². The topological polar surface area (TPSA) is 73.2 Å². The second-order valence-electron chi connectivity index (χ2n) is 6.73. The molecule has 0 aliphatic heterocycles. The van der Waals surface area contributed by atoms with Gasteiger partial charge in [0.15, 0.2) is 0 Å². The quantitative estimate of drug-likeness (QED) is 0.504. The molecule has 1 aromatic heterocycles. The van der Waals surface area contributed by atoms with E-state index in [4.69, 9.17) is 4.74 Å². The molecule has 0 saturated carbocycles. The lowest BCUT2D eigenvalue weighted by molar-refractivity contribution is -0.116. The first kappa shape index (κ1) is 20.0. The van der Waals surface area contributed by atoms with Crippen LogP contribution in [0.25, 0.3) is 11.3 Å². The van der Waals surface area contributed by atoms with Crippen molar-refractivity contribution in [3.05, 3.63) is 107 Å². The molecule has 3 aromatic carbocycles. The van der Waals surface area contributed by atoms with E-state index in [0.717, 1.165) is 5.75 Å². The van der Waals surface area contributed by atoms with Crippen molar-refractivity contribution in [3.63, 3.8) is 0 Å². The summed E-state index contributed by atoms with van der Waals surface area (Å²) in [5, 5.41) is 2.74. The van der Waals surface area contributed by atoms with Gasteiger partial charge in [-0.05, 0) is 60.7 Å². The normalized spacial score (nSPS) is 10.5. The molecule has 1 heterocycles. The lowest BCUT2D eigenvalue weighted by Crippen LogP contribution is -2.27. The number of amides is 1. The molecule has 0 atom stereocenters. The molecule has 7 heteroatoms. The Morgan fingerprint density at radius 3 is 2.29 bits per heavy atom. The second-order valence-corrected chi connectivity index (χ2v) is 6.73. The largest absolute Gasteiger partial charge is 0.457 e. The smallest absolute Gasteiger partial charge is 0.254 e. The third kappa shape index (κ3) is 5.22. The summed E-state index contributed by atoms with van der Waals surface area (Å²) in [6, 6.07) is 23.3. The van der Waals surface area contributed by atoms with E-state index in [1.165, 1.54) is 29.1 Å². The minimum absolute atomic E-state index is 0.183. The molecule has 6 nitrogen and oxygen atoms in total. The Bertz CT molecular complexity index is 1240. The van der Waals surface area contributed by atoms with E-state index in [0.29, 0.717) is 22.7 Å². The van der Waals surface area contributed by atoms with Crippen LogP contribution >= 0.6 is 0 Å². The molecule has 4 aromatic rings. The van der Waals surface area contributed by atoms with Gasteiger partial charge >= 0.3 is 0 Å². The molecular weight excluding hydrogens is 397 g/mol. The molecule has 0 bridgehead atoms. The number of hydrogen-bond donors (Lipinski definition) is 1. The first-order chi connectivity index (χ1) is 15.1. The van der Waals surface area contributed by atoms with E-state index in [1.54, 1.807) is 36.4 Å². The molecule has 154 valence electrons. The van der Waals surface area contributed by atoms with Gasteiger partial charge in [-0.15, -0.1) is 0 Å². The van der Waals surface area contributed by atoms with Gasteiger partial charge in [-0.25, -0.2) is 9.37 Å². The third-order valence-electron chi connectivity index (χ3n) is 4.45. The Balaban J connectivity index is 1.38. The fraction of sp³-hybridized carbons (Fsp3) is 0.0417. The van der Waals surface area contributed by atoms with Crippen molar-refractivity contribution >= 4 is 11.6 Å². The zero-order valence-electron chi connectivity index (χ0n) is 16.4. The number of nitrogens with one attached hydrogen (secondary N) is 1. The molecular formula is C24H18FN3O3. The number of hydrogen-bond acceptors (Lipinski definition) is 4. The van der Waals surface area contributed by atoms with Gasteiger partial charge < -0.3 is 10.1 Å². The maximum Gasteiger partial charge on any atom is 0.254 e. The second kappa shape index (κ2) is 9.04. The Morgan fingerprint density at radius 2 is 1.61 bits per heavy atom. The van der Waals surface area contributed by atoms with Gasteiger partial charge in [-0.2, -0.15) is 0 Å². The van der Waals surface area contributed by atoms with Crippen LogP contribution < -0.4 is 15.6 Å². The number of carbonyl (C=O) groups excluding carboxylic acids is 1. The van der Waals surface area contributed by atoms with Crippen molar-refractivity contribution < 1.29 is 13.9 Å². The summed E-state index contributed by atoms with van der Waals surface area (Å²) in [5.74, 6) is 0.625. The van der Waals surface area contributed by atoms with Gasteiger partial charge in [-0.1, -0.05) is 18.2 Å². The van der Waals surface area contributed by atoms with E-state index in [1.807, 2.05) is 30.3 Å². The van der Waals surface area contributed by atoms with Crippen molar-refractivity contribution in [2.45, 2.75) is 6.54 Å². The summed E-state index contributed by atoms with van der Waals surface area (Å²) in [7, 11) is 0. The Morgan fingerprint density at radius 1 is 0.935 bits per heavy atom. The third-order valence-corrected chi connectivity index (χ3v) is 4.45. The highest BCUT2D eigenvalue weighted by atomic mass is 19.1. The Kier molecular flexibility index (Phi) is 5.84. The highest BCUT2D eigenvalue weighted by molar-refractivity contribution is 5.90. The average molecular weight is 415 g/mol. The summed E-state index contributed by atoms with van der Waals surface area (Å²) in [6.07, 6.45) is 1.30. The van der Waals surface area contributed by atoms with E-state index < -0.39 is 0 Å². The van der Waals surface area contributed by atoms with Crippen LogP contribution in [0, 0.1) is 5.82 Å². The lowest BCUT2D eigenvalue weighted by Gasteiger charge is -2.09. The van der Waals surface area contributed by atoms with E-state index in [2.05, 4.69) is 10.3 Å². The number of benzene rings is 3. The number of aromatic nitrogens is 2. The number of para-hydroxylation sites is 1. The molecule has 4 rings (SSSR count). The minimum Gasteiger partial charge on any atom is -0.457 e.